The Labute approximate surface area is 300 Å². The van der Waals surface area contributed by atoms with Crippen LogP contribution in [0.1, 0.15) is 55.6 Å². The summed E-state index contributed by atoms with van der Waals surface area (Å²) in [6, 6.07) is 20.3. The van der Waals surface area contributed by atoms with Gasteiger partial charge in [0.1, 0.15) is 26.7 Å². The van der Waals surface area contributed by atoms with E-state index in [2.05, 4.69) is 86.0 Å². The number of aromatic nitrogens is 6. The smallest absolute Gasteiger partial charge is 0.214 e. The third-order valence-electron chi connectivity index (χ3n) is 9.61. The van der Waals surface area contributed by atoms with E-state index in [0.717, 1.165) is 71.2 Å². The van der Waals surface area contributed by atoms with Gasteiger partial charge in [0.15, 0.2) is 0 Å². The molecule has 0 bridgehead atoms. The van der Waals surface area contributed by atoms with E-state index in [4.69, 9.17) is 16.3 Å². The maximum absolute atomic E-state index is 5.85. The van der Waals surface area contributed by atoms with Crippen molar-refractivity contribution >= 4 is 60.6 Å². The first-order chi connectivity index (χ1) is 24.0. The Balaban J connectivity index is 0.000000116. The predicted octanol–water partition coefficient (Wildman–Crippen LogP) is 7.00. The average Bonchev–Trinajstić information content (AvgIpc) is 3.94. The van der Waals surface area contributed by atoms with Gasteiger partial charge in [-0.1, -0.05) is 11.6 Å². The van der Waals surface area contributed by atoms with Gasteiger partial charge in [0.05, 0.1) is 7.11 Å². The van der Waals surface area contributed by atoms with Gasteiger partial charge in [0.25, 0.3) is 0 Å². The number of H-pyrrole nitrogens is 3. The highest BCUT2D eigenvalue weighted by Gasteiger charge is 2.18. The van der Waals surface area contributed by atoms with E-state index < -0.39 is 0 Å². The summed E-state index contributed by atoms with van der Waals surface area (Å²) in [6.07, 6.45) is 10.9. The Kier molecular flexibility index (Phi) is 11.1. The number of methoxy groups -OCH3 is 1. The van der Waals surface area contributed by atoms with Crippen LogP contribution >= 0.6 is 27.5 Å². The molecule has 0 unspecified atom stereocenters. The molecule has 12 heteroatoms. The molecule has 3 aliphatic rings. The minimum atomic E-state index is 0.542. The number of pyridine rings is 3. The molecular formula is C37H45BrClN9O. The first kappa shape index (κ1) is 34.0. The van der Waals surface area contributed by atoms with Gasteiger partial charge in [0.2, 0.25) is 5.88 Å². The first-order valence-electron chi connectivity index (χ1n) is 17.5. The van der Waals surface area contributed by atoms with Gasteiger partial charge < -0.3 is 35.6 Å². The predicted molar refractivity (Wildman–Crippen MR) is 202 cm³/mol. The summed E-state index contributed by atoms with van der Waals surface area (Å²) in [5, 5.41) is 14.5. The lowest BCUT2D eigenvalue weighted by Gasteiger charge is -2.07. The largest absolute Gasteiger partial charge is 0.481 e. The third-order valence-corrected chi connectivity index (χ3v) is 10.3. The van der Waals surface area contributed by atoms with E-state index in [9.17, 15) is 0 Å². The van der Waals surface area contributed by atoms with Crippen LogP contribution in [0.4, 0.5) is 0 Å². The van der Waals surface area contributed by atoms with Crippen molar-refractivity contribution < 1.29 is 4.74 Å². The number of rotatable bonds is 7. The van der Waals surface area contributed by atoms with Gasteiger partial charge >= 0.3 is 0 Å². The lowest BCUT2D eigenvalue weighted by molar-refractivity contribution is 0.399. The standard InChI is InChI=1S/C13H17N3O.C12H14BrN3.C12H14ClN3/c1-17-12-5-4-9-7-11(15-13(9)16-12)8-10-3-2-6-14-10;2*13-11-4-3-8-6-10(15-12(8)16-11)7-9-2-1-5-14-9/h4-5,7,10,14H,2-3,6,8H2,1H3,(H,15,16);2*3-4,6,9,14H,1-2,5,7H2,(H,15,16)/t10-;2*9-/m111/s1. The Bertz CT molecular complexity index is 1880. The van der Waals surface area contributed by atoms with E-state index in [1.54, 1.807) is 7.11 Å². The molecule has 0 saturated carbocycles. The molecule has 0 aromatic carbocycles. The van der Waals surface area contributed by atoms with Crippen LogP contribution in [0, 0.1) is 0 Å². The fourth-order valence-corrected chi connectivity index (χ4v) is 7.61. The number of nitrogens with zero attached hydrogens (tertiary/aromatic N) is 3. The van der Waals surface area contributed by atoms with Gasteiger partial charge in [-0.15, -0.1) is 0 Å². The number of nitrogens with one attached hydrogen (secondary N) is 6. The van der Waals surface area contributed by atoms with Crippen molar-refractivity contribution in [3.63, 3.8) is 0 Å². The Morgan fingerprint density at radius 2 is 1.08 bits per heavy atom. The molecule has 0 amide bonds. The first-order valence-corrected chi connectivity index (χ1v) is 18.7. The molecule has 9 rings (SSSR count). The van der Waals surface area contributed by atoms with Crippen LogP contribution in [0.5, 0.6) is 5.88 Å². The number of halogens is 2. The summed E-state index contributed by atoms with van der Waals surface area (Å²) in [4.78, 5) is 23.1. The summed E-state index contributed by atoms with van der Waals surface area (Å²) in [7, 11) is 1.64. The third kappa shape index (κ3) is 9.01. The summed E-state index contributed by atoms with van der Waals surface area (Å²) >= 11 is 9.24. The van der Waals surface area contributed by atoms with Crippen LogP contribution in [0.3, 0.4) is 0 Å². The normalized spacial score (nSPS) is 20.4. The number of fused-ring (bicyclic) bond motifs is 3. The second kappa shape index (κ2) is 16.0. The number of aromatic amines is 3. The fraction of sp³-hybridized carbons (Fsp3) is 0.432. The average molecular weight is 747 g/mol. The molecule has 3 aliphatic heterocycles. The summed E-state index contributed by atoms with van der Waals surface area (Å²) < 4.78 is 6.00. The molecule has 0 radical (unpaired) electrons. The zero-order valence-electron chi connectivity index (χ0n) is 27.9. The van der Waals surface area contributed by atoms with Crippen molar-refractivity contribution in [1.82, 2.24) is 45.9 Å². The molecule has 0 aliphatic carbocycles. The lowest BCUT2D eigenvalue weighted by atomic mass is 10.1. The zero-order chi connectivity index (χ0) is 33.6. The quantitative estimate of drug-likeness (QED) is 0.0971. The molecule has 0 spiro atoms. The molecule has 6 aromatic heterocycles. The van der Waals surface area contributed by atoms with Crippen LogP contribution in [-0.4, -0.2) is 74.8 Å². The van der Waals surface area contributed by atoms with Crippen LogP contribution in [0.15, 0.2) is 59.2 Å². The Morgan fingerprint density at radius 1 is 0.633 bits per heavy atom. The second-order valence-electron chi connectivity index (χ2n) is 13.3. The van der Waals surface area contributed by atoms with Crippen LogP contribution in [-0.2, 0) is 19.3 Å². The maximum Gasteiger partial charge on any atom is 0.214 e. The van der Waals surface area contributed by atoms with E-state index in [-0.39, 0.29) is 0 Å². The molecule has 3 fully saturated rings. The summed E-state index contributed by atoms with van der Waals surface area (Å²) in [5.41, 5.74) is 6.55. The molecule has 3 atom stereocenters. The van der Waals surface area contributed by atoms with Crippen molar-refractivity contribution in [3.05, 3.63) is 81.4 Å². The Hall–Kier alpha value is -3.48. The van der Waals surface area contributed by atoms with Crippen molar-refractivity contribution in [3.8, 4) is 5.88 Å². The molecule has 9 heterocycles. The number of ether oxygens (including phenoxy) is 1. The second-order valence-corrected chi connectivity index (χ2v) is 14.5. The van der Waals surface area contributed by atoms with Gasteiger partial charge in [-0.2, -0.15) is 4.98 Å². The molecule has 258 valence electrons. The Morgan fingerprint density at radius 3 is 1.55 bits per heavy atom. The number of hydrogen-bond acceptors (Lipinski definition) is 7. The van der Waals surface area contributed by atoms with Gasteiger partial charge in [-0.3, -0.25) is 0 Å². The highest BCUT2D eigenvalue weighted by molar-refractivity contribution is 9.10. The van der Waals surface area contributed by atoms with Crippen LogP contribution < -0.4 is 20.7 Å². The van der Waals surface area contributed by atoms with E-state index in [1.807, 2.05) is 30.3 Å². The van der Waals surface area contributed by atoms with Gasteiger partial charge in [-0.25, -0.2) is 9.97 Å². The highest BCUT2D eigenvalue weighted by Crippen LogP contribution is 2.22. The zero-order valence-corrected chi connectivity index (χ0v) is 30.3. The van der Waals surface area contributed by atoms with E-state index in [0.29, 0.717) is 29.2 Å². The molecule has 49 heavy (non-hydrogen) atoms. The van der Waals surface area contributed by atoms with Crippen molar-refractivity contribution in [2.45, 2.75) is 75.9 Å². The SMILES string of the molecule is Brc1ccc2cc(C[C@H]3CCCN3)[nH]c2n1.COc1ccc2cc(C[C@H]3CCCN3)[nH]c2n1.Clc1ccc2cc(C[C@H]3CCCN3)[nH]c2n1. The van der Waals surface area contributed by atoms with Gasteiger partial charge in [0, 0.05) is 76.7 Å². The van der Waals surface area contributed by atoms with E-state index >= 15 is 0 Å². The van der Waals surface area contributed by atoms with E-state index in [1.165, 1.54) is 61.0 Å². The number of hydrogen-bond donors (Lipinski definition) is 6. The molecule has 3 saturated heterocycles. The lowest BCUT2D eigenvalue weighted by Crippen LogP contribution is -2.23. The van der Waals surface area contributed by atoms with Crippen molar-refractivity contribution in [1.29, 1.82) is 0 Å². The topological polar surface area (TPSA) is 131 Å². The summed E-state index contributed by atoms with van der Waals surface area (Å²) in [5.74, 6) is 0.657. The minimum Gasteiger partial charge on any atom is -0.481 e. The van der Waals surface area contributed by atoms with Crippen LogP contribution in [0.25, 0.3) is 33.1 Å². The fourth-order valence-electron chi connectivity index (χ4n) is 7.15. The summed E-state index contributed by atoms with van der Waals surface area (Å²) in [6.45, 7) is 3.46. The highest BCUT2D eigenvalue weighted by atomic mass is 79.9. The van der Waals surface area contributed by atoms with Crippen LogP contribution in [0.2, 0.25) is 5.15 Å². The van der Waals surface area contributed by atoms with Gasteiger partial charge in [-0.05, 0) is 123 Å². The molecule has 6 aromatic rings. The maximum atomic E-state index is 5.85. The van der Waals surface area contributed by atoms with Crippen molar-refractivity contribution in [2.75, 3.05) is 26.7 Å². The van der Waals surface area contributed by atoms with Crippen molar-refractivity contribution in [2.24, 2.45) is 0 Å². The minimum absolute atomic E-state index is 0.542. The molecule has 6 N–H and O–H groups in total. The monoisotopic (exact) mass is 745 g/mol. The molecule has 10 nitrogen and oxygen atoms in total. The molecular weight excluding hydrogens is 702 g/mol.